The minimum atomic E-state index is -4.73. The zero-order valence-electron chi connectivity index (χ0n) is 41.3. The topological polar surface area (TPSA) is 155 Å². The molecule has 0 aromatic rings. The Balaban J connectivity index is 4.70. The second-order valence-electron chi connectivity index (χ2n) is 17.7. The molecule has 12 heteroatoms. The summed E-state index contributed by atoms with van der Waals surface area (Å²) in [5.74, 6) is -1.46. The van der Waals surface area contributed by atoms with E-state index in [0.717, 1.165) is 83.5 Å². The Labute approximate surface area is 391 Å². The first kappa shape index (κ1) is 62.0. The van der Waals surface area contributed by atoms with E-state index < -0.39 is 57.8 Å². The second-order valence-corrected chi connectivity index (χ2v) is 19.2. The number of aliphatic hydroxyl groups is 1. The maximum atomic E-state index is 12.8. The number of unbranched alkanes of at least 4 members (excludes halogenated alkanes) is 28. The van der Waals surface area contributed by atoms with Crippen molar-refractivity contribution in [3.05, 3.63) is 24.3 Å². The lowest BCUT2D eigenvalue weighted by atomic mass is 10.0. The molecule has 0 amide bonds. The second kappa shape index (κ2) is 47.5. The molecular weight excluding hydrogens is 832 g/mol. The van der Waals surface area contributed by atoms with Crippen LogP contribution in [0.5, 0.6) is 0 Å². The number of hydrogen-bond acceptors (Lipinski definition) is 10. The molecule has 0 bridgehead atoms. The van der Waals surface area contributed by atoms with E-state index in [9.17, 15) is 28.9 Å². The van der Waals surface area contributed by atoms with Crippen molar-refractivity contribution < 1.29 is 52.2 Å². The van der Waals surface area contributed by atoms with Crippen LogP contribution in [0, 0.1) is 0 Å². The van der Waals surface area contributed by atoms with Crippen LogP contribution in [-0.4, -0.2) is 66.5 Å². The van der Waals surface area contributed by atoms with E-state index in [4.69, 9.17) is 23.3 Å². The smallest absolute Gasteiger partial charge is 0.462 e. The van der Waals surface area contributed by atoms with Crippen molar-refractivity contribution in [3.63, 3.8) is 0 Å². The Hall–Kier alpha value is -2.04. The molecule has 376 valence electrons. The number of hydrogen-bond donors (Lipinski definition) is 2. The normalized spacial score (nSPS) is 13.6. The molecule has 0 aliphatic heterocycles. The maximum Gasteiger partial charge on any atom is 0.472 e. The van der Waals surface area contributed by atoms with Gasteiger partial charge in [0.25, 0.3) is 0 Å². The van der Waals surface area contributed by atoms with Gasteiger partial charge in [-0.1, -0.05) is 212 Å². The first-order valence-electron chi connectivity index (χ1n) is 26.2. The van der Waals surface area contributed by atoms with Gasteiger partial charge in [-0.25, -0.2) is 4.57 Å². The summed E-state index contributed by atoms with van der Waals surface area (Å²) in [6, 6.07) is 0. The summed E-state index contributed by atoms with van der Waals surface area (Å²) < 4.78 is 39.3. The zero-order valence-corrected chi connectivity index (χ0v) is 42.2. The number of ether oxygens (including phenoxy) is 3. The molecule has 64 heavy (non-hydrogen) atoms. The molecule has 0 aromatic heterocycles. The van der Waals surface area contributed by atoms with Crippen LogP contribution in [0.15, 0.2) is 24.3 Å². The Morgan fingerprint density at radius 1 is 0.438 bits per heavy atom. The fourth-order valence-corrected chi connectivity index (χ4v) is 8.12. The van der Waals surface area contributed by atoms with E-state index in [1.165, 1.54) is 109 Å². The summed E-state index contributed by atoms with van der Waals surface area (Å²) in [5.41, 5.74) is 0. The van der Waals surface area contributed by atoms with Crippen molar-refractivity contribution in [2.75, 3.05) is 26.4 Å². The number of carbonyl (C=O) groups is 3. The third-order valence-electron chi connectivity index (χ3n) is 11.4. The molecule has 11 nitrogen and oxygen atoms in total. The number of allylic oxidation sites excluding steroid dienone is 4. The van der Waals surface area contributed by atoms with E-state index >= 15 is 0 Å². The summed E-state index contributed by atoms with van der Waals surface area (Å²) in [4.78, 5) is 48.2. The van der Waals surface area contributed by atoms with Gasteiger partial charge < -0.3 is 24.2 Å². The minimum Gasteiger partial charge on any atom is -0.462 e. The Kier molecular flexibility index (Phi) is 45.9. The summed E-state index contributed by atoms with van der Waals surface area (Å²) in [5, 5.41) is 9.77. The molecule has 0 rings (SSSR count). The molecule has 3 unspecified atom stereocenters. The standard InChI is InChI=1S/C52H97O11P/c1-4-7-10-13-16-19-22-24-27-30-33-36-39-42-51(55)62-48(44-53)46-60-64(57,58)61-47-49(45-59-50(54)41-38-35-32-29-26-21-18-15-12-9-6-3)63-52(56)43-40-37-34-31-28-25-23-20-17-14-11-8-5-2/h11,14,20,23,48-49,53H,4-10,12-13,15-19,21-22,24-47H2,1-3H3,(H,57,58)/b14-11-,23-20-. The average molecular weight is 929 g/mol. The van der Waals surface area contributed by atoms with E-state index in [-0.39, 0.29) is 25.9 Å². The maximum absolute atomic E-state index is 12.8. The van der Waals surface area contributed by atoms with E-state index in [0.29, 0.717) is 19.3 Å². The van der Waals surface area contributed by atoms with E-state index in [1.807, 2.05) is 0 Å². The van der Waals surface area contributed by atoms with Gasteiger partial charge in [-0.2, -0.15) is 0 Å². The van der Waals surface area contributed by atoms with Crippen molar-refractivity contribution in [3.8, 4) is 0 Å². The van der Waals surface area contributed by atoms with Crippen molar-refractivity contribution in [1.82, 2.24) is 0 Å². The highest BCUT2D eigenvalue weighted by atomic mass is 31.2. The summed E-state index contributed by atoms with van der Waals surface area (Å²) in [6.07, 6.45) is 44.3. The van der Waals surface area contributed by atoms with Crippen molar-refractivity contribution >= 4 is 25.7 Å². The van der Waals surface area contributed by atoms with Gasteiger partial charge >= 0.3 is 25.7 Å². The van der Waals surface area contributed by atoms with Gasteiger partial charge in [-0.3, -0.25) is 23.4 Å². The summed E-state index contributed by atoms with van der Waals surface area (Å²) in [7, 11) is -4.73. The van der Waals surface area contributed by atoms with Gasteiger partial charge in [-0.15, -0.1) is 0 Å². The fraction of sp³-hybridized carbons (Fsp3) is 0.865. The van der Waals surface area contributed by atoms with Crippen LogP contribution in [-0.2, 0) is 42.2 Å². The predicted molar refractivity (Wildman–Crippen MR) is 261 cm³/mol. The first-order valence-corrected chi connectivity index (χ1v) is 27.7. The van der Waals surface area contributed by atoms with Crippen LogP contribution in [0.4, 0.5) is 0 Å². The third-order valence-corrected chi connectivity index (χ3v) is 12.3. The molecule has 0 radical (unpaired) electrons. The molecule has 0 saturated carbocycles. The third kappa shape index (κ3) is 45.1. The quantitative estimate of drug-likeness (QED) is 0.0197. The molecule has 0 saturated heterocycles. The molecule has 2 N–H and O–H groups in total. The number of aliphatic hydroxyl groups excluding tert-OH is 1. The van der Waals surface area contributed by atoms with Crippen molar-refractivity contribution in [2.45, 2.75) is 264 Å². The molecule has 3 atom stereocenters. The number of carbonyl (C=O) groups excluding carboxylic acids is 3. The van der Waals surface area contributed by atoms with Gasteiger partial charge in [0.05, 0.1) is 19.8 Å². The van der Waals surface area contributed by atoms with Crippen LogP contribution < -0.4 is 0 Å². The monoisotopic (exact) mass is 929 g/mol. The lowest BCUT2D eigenvalue weighted by molar-refractivity contribution is -0.161. The van der Waals surface area contributed by atoms with Crippen LogP contribution in [0.1, 0.15) is 252 Å². The first-order chi connectivity index (χ1) is 31.2. The van der Waals surface area contributed by atoms with Gasteiger partial charge in [0, 0.05) is 19.3 Å². The van der Waals surface area contributed by atoms with Gasteiger partial charge in [0.2, 0.25) is 0 Å². The van der Waals surface area contributed by atoms with E-state index in [2.05, 4.69) is 45.1 Å². The lowest BCUT2D eigenvalue weighted by Crippen LogP contribution is -2.30. The Morgan fingerprint density at radius 3 is 1.22 bits per heavy atom. The molecule has 0 spiro atoms. The number of phosphoric ester groups is 1. The summed E-state index contributed by atoms with van der Waals surface area (Å²) >= 11 is 0. The molecular formula is C52H97O11P. The van der Waals surface area contributed by atoms with Crippen LogP contribution in [0.3, 0.4) is 0 Å². The van der Waals surface area contributed by atoms with Gasteiger partial charge in [0.15, 0.2) is 6.10 Å². The summed E-state index contributed by atoms with van der Waals surface area (Å²) in [6.45, 7) is 4.57. The number of esters is 3. The minimum absolute atomic E-state index is 0.156. The molecule has 0 heterocycles. The molecule has 0 aliphatic carbocycles. The number of phosphoric acid groups is 1. The van der Waals surface area contributed by atoms with Crippen molar-refractivity contribution in [1.29, 1.82) is 0 Å². The highest BCUT2D eigenvalue weighted by Gasteiger charge is 2.28. The predicted octanol–water partition coefficient (Wildman–Crippen LogP) is 14.7. The number of rotatable bonds is 49. The fourth-order valence-electron chi connectivity index (χ4n) is 7.34. The zero-order chi connectivity index (χ0) is 47.0. The van der Waals surface area contributed by atoms with Gasteiger partial charge in [0.1, 0.15) is 12.7 Å². The van der Waals surface area contributed by atoms with Crippen LogP contribution >= 0.6 is 7.82 Å². The highest BCUT2D eigenvalue weighted by molar-refractivity contribution is 7.47. The van der Waals surface area contributed by atoms with Gasteiger partial charge in [-0.05, 0) is 44.9 Å². The molecule has 0 aliphatic rings. The average Bonchev–Trinajstić information content (AvgIpc) is 3.28. The van der Waals surface area contributed by atoms with E-state index in [1.54, 1.807) is 0 Å². The largest absolute Gasteiger partial charge is 0.472 e. The SMILES string of the molecule is CCC/C=C\C/C=C\CCCCCCCC(=O)OC(COC(=O)CCCCCCCCCCCCC)COP(=O)(O)OCC(CO)OC(=O)CCCCCCCCCCCCCCC. The highest BCUT2D eigenvalue weighted by Crippen LogP contribution is 2.43. The van der Waals surface area contributed by atoms with Crippen LogP contribution in [0.2, 0.25) is 0 Å². The molecule has 0 fully saturated rings. The Morgan fingerprint density at radius 2 is 0.797 bits per heavy atom. The lowest BCUT2D eigenvalue weighted by Gasteiger charge is -2.21. The Bertz CT molecular complexity index is 1180. The van der Waals surface area contributed by atoms with Crippen molar-refractivity contribution in [2.24, 2.45) is 0 Å². The van der Waals surface area contributed by atoms with Crippen LogP contribution in [0.25, 0.3) is 0 Å². The molecule has 0 aromatic carbocycles.